The topological polar surface area (TPSA) is 68.8 Å². The molecule has 6 heteroatoms. The molecule has 1 aromatic carbocycles. The molecule has 0 unspecified atom stereocenters. The molecule has 2 rings (SSSR count). The van der Waals surface area contributed by atoms with Gasteiger partial charge in [0.25, 0.3) is 5.91 Å². The molecule has 0 aromatic heterocycles. The maximum atomic E-state index is 11.6. The lowest BCUT2D eigenvalue weighted by Gasteiger charge is -2.13. The average molecular weight is 280 g/mol. The number of carbonyl (C=O) groups excluding carboxylic acids is 1. The van der Waals surface area contributed by atoms with E-state index < -0.39 is 0 Å². The van der Waals surface area contributed by atoms with Crippen molar-refractivity contribution in [2.75, 3.05) is 20.4 Å². The molecular formula is C14H20N2O4. The summed E-state index contributed by atoms with van der Waals surface area (Å²) in [7, 11) is 1.85. The lowest BCUT2D eigenvalue weighted by Crippen LogP contribution is -2.34. The van der Waals surface area contributed by atoms with Gasteiger partial charge < -0.3 is 24.8 Å². The van der Waals surface area contributed by atoms with Crippen molar-refractivity contribution in [2.24, 2.45) is 0 Å². The van der Waals surface area contributed by atoms with E-state index in [1.54, 1.807) is 6.07 Å². The van der Waals surface area contributed by atoms with E-state index in [2.05, 4.69) is 10.6 Å². The van der Waals surface area contributed by atoms with Gasteiger partial charge in [0.05, 0.1) is 0 Å². The van der Waals surface area contributed by atoms with Crippen molar-refractivity contribution in [3.63, 3.8) is 0 Å². The van der Waals surface area contributed by atoms with Gasteiger partial charge in [0.1, 0.15) is 5.75 Å². The summed E-state index contributed by atoms with van der Waals surface area (Å²) in [6.07, 6.45) is 0. The molecule has 6 nitrogen and oxygen atoms in total. The van der Waals surface area contributed by atoms with Gasteiger partial charge in [0.2, 0.25) is 6.79 Å². The number of hydrogen-bond acceptors (Lipinski definition) is 5. The molecule has 2 N–H and O–H groups in total. The molecule has 0 aliphatic carbocycles. The van der Waals surface area contributed by atoms with Crippen molar-refractivity contribution in [1.29, 1.82) is 0 Å². The second kappa shape index (κ2) is 6.47. The van der Waals surface area contributed by atoms with Crippen LogP contribution in [0.1, 0.15) is 19.4 Å². The third-order valence-corrected chi connectivity index (χ3v) is 2.73. The van der Waals surface area contributed by atoms with E-state index in [9.17, 15) is 4.79 Å². The Labute approximate surface area is 118 Å². The first-order chi connectivity index (χ1) is 9.60. The number of benzene rings is 1. The summed E-state index contributed by atoms with van der Waals surface area (Å²) in [5.74, 6) is 1.83. The van der Waals surface area contributed by atoms with Crippen molar-refractivity contribution in [3.8, 4) is 17.2 Å². The van der Waals surface area contributed by atoms with E-state index in [0.29, 0.717) is 23.8 Å². The minimum absolute atomic E-state index is 0.0193. The van der Waals surface area contributed by atoms with Crippen LogP contribution in [0.4, 0.5) is 0 Å². The summed E-state index contributed by atoms with van der Waals surface area (Å²) in [6.45, 7) is 4.63. The second-order valence-corrected chi connectivity index (χ2v) is 4.85. The van der Waals surface area contributed by atoms with E-state index in [-0.39, 0.29) is 25.3 Å². The van der Waals surface area contributed by atoms with Crippen molar-refractivity contribution >= 4 is 5.91 Å². The van der Waals surface area contributed by atoms with Gasteiger partial charge in [0, 0.05) is 24.2 Å². The number of amides is 1. The largest absolute Gasteiger partial charge is 0.483 e. The van der Waals surface area contributed by atoms with Crippen molar-refractivity contribution < 1.29 is 19.0 Å². The van der Waals surface area contributed by atoms with Crippen molar-refractivity contribution in [2.45, 2.75) is 26.4 Å². The van der Waals surface area contributed by atoms with E-state index in [1.165, 1.54) is 0 Å². The Morgan fingerprint density at radius 3 is 2.70 bits per heavy atom. The van der Waals surface area contributed by atoms with Gasteiger partial charge in [-0.25, -0.2) is 0 Å². The molecular weight excluding hydrogens is 260 g/mol. The van der Waals surface area contributed by atoms with E-state index in [4.69, 9.17) is 14.2 Å². The zero-order chi connectivity index (χ0) is 14.5. The molecule has 110 valence electrons. The standard InChI is InChI=1S/C14H20N2O4/c1-9(2)16-14(17)7-18-11-5-13-12(19-8-20-13)4-10(11)6-15-3/h4-5,9,15H,6-8H2,1-3H3,(H,16,17). The second-order valence-electron chi connectivity index (χ2n) is 4.85. The van der Waals surface area contributed by atoms with Crippen LogP contribution in [-0.4, -0.2) is 32.4 Å². The molecule has 0 spiro atoms. The number of ether oxygens (including phenoxy) is 3. The number of nitrogens with one attached hydrogen (secondary N) is 2. The van der Waals surface area contributed by atoms with Gasteiger partial charge >= 0.3 is 0 Å². The zero-order valence-electron chi connectivity index (χ0n) is 12.0. The van der Waals surface area contributed by atoms with Gasteiger partial charge in [-0.1, -0.05) is 0 Å². The maximum Gasteiger partial charge on any atom is 0.258 e. The van der Waals surface area contributed by atoms with E-state index in [1.807, 2.05) is 27.0 Å². The SMILES string of the molecule is CNCc1cc2c(cc1OCC(=O)NC(C)C)OCO2. The van der Waals surface area contributed by atoms with Crippen LogP contribution in [-0.2, 0) is 11.3 Å². The fourth-order valence-corrected chi connectivity index (χ4v) is 1.94. The number of fused-ring (bicyclic) bond motifs is 1. The number of rotatable bonds is 6. The summed E-state index contributed by atoms with van der Waals surface area (Å²) >= 11 is 0. The Morgan fingerprint density at radius 2 is 2.05 bits per heavy atom. The third-order valence-electron chi connectivity index (χ3n) is 2.73. The molecule has 0 bridgehead atoms. The van der Waals surface area contributed by atoms with Crippen LogP contribution >= 0.6 is 0 Å². The minimum Gasteiger partial charge on any atom is -0.483 e. The van der Waals surface area contributed by atoms with Crippen LogP contribution in [0.15, 0.2) is 12.1 Å². The molecule has 1 amide bonds. The number of hydrogen-bond donors (Lipinski definition) is 2. The Morgan fingerprint density at radius 1 is 1.35 bits per heavy atom. The van der Waals surface area contributed by atoms with Crippen LogP contribution in [0.2, 0.25) is 0 Å². The molecule has 0 atom stereocenters. The fourth-order valence-electron chi connectivity index (χ4n) is 1.94. The zero-order valence-corrected chi connectivity index (χ0v) is 12.0. The lowest BCUT2D eigenvalue weighted by molar-refractivity contribution is -0.123. The third kappa shape index (κ3) is 3.54. The van der Waals surface area contributed by atoms with Gasteiger partial charge in [-0.05, 0) is 27.0 Å². The molecule has 1 aromatic rings. The van der Waals surface area contributed by atoms with Crippen LogP contribution < -0.4 is 24.8 Å². The smallest absolute Gasteiger partial charge is 0.258 e. The summed E-state index contributed by atoms with van der Waals surface area (Å²) in [5.41, 5.74) is 0.925. The first-order valence-electron chi connectivity index (χ1n) is 6.59. The summed E-state index contributed by atoms with van der Waals surface area (Å²) < 4.78 is 16.2. The predicted octanol–water partition coefficient (Wildman–Crippen LogP) is 1.04. The van der Waals surface area contributed by atoms with Crippen molar-refractivity contribution in [1.82, 2.24) is 10.6 Å². The van der Waals surface area contributed by atoms with Crippen LogP contribution in [0.25, 0.3) is 0 Å². The Bertz CT molecular complexity index is 488. The van der Waals surface area contributed by atoms with Gasteiger partial charge in [-0.3, -0.25) is 4.79 Å². The highest BCUT2D eigenvalue weighted by Gasteiger charge is 2.18. The Hall–Kier alpha value is -1.95. The minimum atomic E-state index is -0.145. The van der Waals surface area contributed by atoms with Gasteiger partial charge in [-0.2, -0.15) is 0 Å². The quantitative estimate of drug-likeness (QED) is 0.815. The Balaban J connectivity index is 2.07. The first-order valence-corrected chi connectivity index (χ1v) is 6.59. The molecule has 0 saturated carbocycles. The highest BCUT2D eigenvalue weighted by Crippen LogP contribution is 2.38. The highest BCUT2D eigenvalue weighted by atomic mass is 16.7. The van der Waals surface area contributed by atoms with Crippen LogP contribution in [0.5, 0.6) is 17.2 Å². The fraction of sp³-hybridized carbons (Fsp3) is 0.500. The molecule has 1 aliphatic heterocycles. The molecule has 1 aliphatic rings. The summed E-state index contributed by atoms with van der Waals surface area (Å²) in [6, 6.07) is 3.73. The van der Waals surface area contributed by atoms with Gasteiger partial charge in [-0.15, -0.1) is 0 Å². The molecule has 0 fully saturated rings. The average Bonchev–Trinajstić information content (AvgIpc) is 2.82. The van der Waals surface area contributed by atoms with E-state index in [0.717, 1.165) is 5.56 Å². The summed E-state index contributed by atoms with van der Waals surface area (Å²) in [4.78, 5) is 11.6. The predicted molar refractivity (Wildman–Crippen MR) is 74.1 cm³/mol. The Kier molecular flexibility index (Phi) is 4.68. The first kappa shape index (κ1) is 14.5. The van der Waals surface area contributed by atoms with E-state index >= 15 is 0 Å². The van der Waals surface area contributed by atoms with Crippen LogP contribution in [0.3, 0.4) is 0 Å². The molecule has 0 radical (unpaired) electrons. The summed E-state index contributed by atoms with van der Waals surface area (Å²) in [5, 5.41) is 5.84. The van der Waals surface area contributed by atoms with Gasteiger partial charge in [0.15, 0.2) is 18.1 Å². The number of carbonyl (C=O) groups is 1. The van der Waals surface area contributed by atoms with Crippen molar-refractivity contribution in [3.05, 3.63) is 17.7 Å². The molecule has 1 heterocycles. The highest BCUT2D eigenvalue weighted by molar-refractivity contribution is 5.77. The monoisotopic (exact) mass is 280 g/mol. The van der Waals surface area contributed by atoms with Crippen LogP contribution in [0, 0.1) is 0 Å². The normalized spacial score (nSPS) is 12.6. The molecule has 0 saturated heterocycles. The molecule has 20 heavy (non-hydrogen) atoms. The lowest BCUT2D eigenvalue weighted by atomic mass is 10.1. The maximum absolute atomic E-state index is 11.6.